The van der Waals surface area contributed by atoms with E-state index in [0.717, 1.165) is 0 Å². The smallest absolute Gasteiger partial charge is 0.332 e. The normalized spacial score (nSPS) is 18.9. The highest BCUT2D eigenvalue weighted by Crippen LogP contribution is 2.34. The van der Waals surface area contributed by atoms with Crippen LogP contribution >= 0.6 is 11.8 Å². The van der Waals surface area contributed by atoms with Gasteiger partial charge in [0.1, 0.15) is 35.5 Å². The number of hydrogen-bond donors (Lipinski definition) is 3. The predicted octanol–water partition coefficient (Wildman–Crippen LogP) is 0.621. The number of aliphatic carboxylic acids is 2. The van der Waals surface area contributed by atoms with Crippen molar-refractivity contribution in [3.05, 3.63) is 18.0 Å². The summed E-state index contributed by atoms with van der Waals surface area (Å²) in [7, 11) is 0. The van der Waals surface area contributed by atoms with Gasteiger partial charge in [0.2, 0.25) is 0 Å². The molecule has 1 aliphatic rings. The van der Waals surface area contributed by atoms with Gasteiger partial charge in [0.05, 0.1) is 26.0 Å². The number of carboxylic acids is 2. The summed E-state index contributed by atoms with van der Waals surface area (Å²) in [5.74, 6) is -1.63. The van der Waals surface area contributed by atoms with Crippen molar-refractivity contribution in [2.75, 3.05) is 38.8 Å². The first-order valence-electron chi connectivity index (χ1n) is 7.97. The first-order chi connectivity index (χ1) is 12.8. The van der Waals surface area contributed by atoms with Crippen LogP contribution in [-0.4, -0.2) is 81.6 Å². The number of nitrogens with zero attached hydrogens (tertiary/aromatic N) is 2. The summed E-state index contributed by atoms with van der Waals surface area (Å²) in [6, 6.07) is 1.37. The van der Waals surface area contributed by atoms with Gasteiger partial charge in [-0.25, -0.2) is 14.6 Å². The average Bonchev–Trinajstić information content (AvgIpc) is 3.00. The van der Waals surface area contributed by atoms with Gasteiger partial charge in [-0.2, -0.15) is 0 Å². The van der Waals surface area contributed by atoms with Gasteiger partial charge in [0.15, 0.2) is 5.54 Å². The standard InChI is InChI=1S/C16H20N2O8S/c1-16(15(22)23)9-27-14(18-16)13-11(19)6-10(7-17-13)26-5-4-24-2-3-25-8-12(20)21/h6-7,19H,2-5,8-9H2,1H3,(H,20,21)(H,22,23)/t16-/m1/s1. The van der Waals surface area contributed by atoms with Crippen molar-refractivity contribution in [3.8, 4) is 11.5 Å². The van der Waals surface area contributed by atoms with Crippen molar-refractivity contribution in [1.82, 2.24) is 4.98 Å². The second kappa shape index (κ2) is 9.53. The van der Waals surface area contributed by atoms with Crippen LogP contribution in [0.3, 0.4) is 0 Å². The first kappa shape index (κ1) is 20.9. The molecule has 11 heteroatoms. The molecule has 3 N–H and O–H groups in total. The maximum Gasteiger partial charge on any atom is 0.332 e. The van der Waals surface area contributed by atoms with E-state index >= 15 is 0 Å². The lowest BCUT2D eigenvalue weighted by Gasteiger charge is -2.11. The summed E-state index contributed by atoms with van der Waals surface area (Å²) in [6.07, 6.45) is 1.41. The Hall–Kier alpha value is -2.37. The zero-order chi connectivity index (χ0) is 19.9. The van der Waals surface area contributed by atoms with Crippen LogP contribution in [0.1, 0.15) is 12.6 Å². The first-order valence-corrected chi connectivity index (χ1v) is 8.96. The van der Waals surface area contributed by atoms with Gasteiger partial charge in [-0.15, -0.1) is 11.8 Å². The minimum atomic E-state index is -1.23. The molecule has 2 heterocycles. The van der Waals surface area contributed by atoms with Gasteiger partial charge >= 0.3 is 11.9 Å². The Morgan fingerprint density at radius 1 is 1.22 bits per heavy atom. The molecule has 0 amide bonds. The quantitative estimate of drug-likeness (QED) is 0.451. The van der Waals surface area contributed by atoms with Crippen molar-refractivity contribution in [1.29, 1.82) is 0 Å². The number of pyridine rings is 1. The van der Waals surface area contributed by atoms with Gasteiger partial charge in [-0.3, -0.25) is 4.99 Å². The largest absolute Gasteiger partial charge is 0.505 e. The van der Waals surface area contributed by atoms with E-state index in [9.17, 15) is 19.8 Å². The molecule has 0 saturated carbocycles. The van der Waals surface area contributed by atoms with E-state index in [1.807, 2.05) is 0 Å². The van der Waals surface area contributed by atoms with E-state index < -0.39 is 17.5 Å². The van der Waals surface area contributed by atoms with E-state index in [2.05, 4.69) is 9.98 Å². The molecule has 0 saturated heterocycles. The summed E-state index contributed by atoms with van der Waals surface area (Å²) in [5.41, 5.74) is -1.02. The summed E-state index contributed by atoms with van der Waals surface area (Å²) in [4.78, 5) is 29.7. The van der Waals surface area contributed by atoms with Gasteiger partial charge in [0.25, 0.3) is 0 Å². The molecular formula is C16H20N2O8S. The molecule has 0 aromatic carbocycles. The van der Waals surface area contributed by atoms with E-state index in [1.54, 1.807) is 0 Å². The Balaban J connectivity index is 1.78. The van der Waals surface area contributed by atoms with E-state index in [0.29, 0.717) is 10.8 Å². The number of carbonyl (C=O) groups is 2. The predicted molar refractivity (Wildman–Crippen MR) is 95.7 cm³/mol. The van der Waals surface area contributed by atoms with Crippen LogP contribution in [0.2, 0.25) is 0 Å². The molecule has 148 valence electrons. The summed E-state index contributed by atoms with van der Waals surface area (Å²) >= 11 is 1.22. The van der Waals surface area contributed by atoms with Crippen LogP contribution < -0.4 is 4.74 Å². The van der Waals surface area contributed by atoms with E-state index in [-0.39, 0.29) is 50.2 Å². The second-order valence-electron chi connectivity index (χ2n) is 5.73. The number of rotatable bonds is 11. The van der Waals surface area contributed by atoms with Crippen LogP contribution in [0.25, 0.3) is 0 Å². The molecule has 27 heavy (non-hydrogen) atoms. The third kappa shape index (κ3) is 6.08. The number of hydrogen-bond acceptors (Lipinski definition) is 9. The molecule has 0 radical (unpaired) electrons. The van der Waals surface area contributed by atoms with Crippen molar-refractivity contribution in [3.63, 3.8) is 0 Å². The van der Waals surface area contributed by atoms with Gasteiger partial charge in [-0.1, -0.05) is 0 Å². The summed E-state index contributed by atoms with van der Waals surface area (Å²) in [5, 5.41) is 28.1. The zero-order valence-electron chi connectivity index (χ0n) is 14.6. The lowest BCUT2D eigenvalue weighted by atomic mass is 10.1. The van der Waals surface area contributed by atoms with Gasteiger partial charge in [0, 0.05) is 11.8 Å². The van der Waals surface area contributed by atoms with Crippen molar-refractivity contribution in [2.45, 2.75) is 12.5 Å². The fourth-order valence-electron chi connectivity index (χ4n) is 2.00. The average molecular weight is 400 g/mol. The fraction of sp³-hybridized carbons (Fsp3) is 0.500. The van der Waals surface area contributed by atoms with Crippen molar-refractivity contribution < 1.29 is 39.1 Å². The molecule has 1 aromatic rings. The minimum absolute atomic E-state index is 0.156. The van der Waals surface area contributed by atoms with Crippen LogP contribution in [-0.2, 0) is 19.1 Å². The molecule has 0 spiro atoms. The lowest BCUT2D eigenvalue weighted by Crippen LogP contribution is -2.33. The molecule has 2 rings (SSSR count). The number of thioether (sulfide) groups is 1. The van der Waals surface area contributed by atoms with Gasteiger partial charge in [-0.05, 0) is 6.92 Å². The Morgan fingerprint density at radius 2 is 1.93 bits per heavy atom. The monoisotopic (exact) mass is 400 g/mol. The third-order valence-electron chi connectivity index (χ3n) is 3.44. The molecule has 1 aromatic heterocycles. The summed E-state index contributed by atoms with van der Waals surface area (Å²) in [6.45, 7) is 1.99. The second-order valence-corrected chi connectivity index (χ2v) is 6.69. The lowest BCUT2D eigenvalue weighted by molar-refractivity contribution is -0.143. The maximum atomic E-state index is 11.2. The molecule has 0 unspecified atom stereocenters. The number of ether oxygens (including phenoxy) is 3. The SMILES string of the molecule is C[C@]1(C(=O)O)CSC(c2ncc(OCCOCCOCC(=O)O)cc2O)=N1. The molecule has 0 aliphatic carbocycles. The molecular weight excluding hydrogens is 380 g/mol. The fourth-order valence-corrected chi connectivity index (χ4v) is 3.17. The molecule has 1 aliphatic heterocycles. The molecule has 1 atom stereocenters. The van der Waals surface area contributed by atoms with Crippen LogP contribution in [0.15, 0.2) is 17.3 Å². The third-order valence-corrected chi connectivity index (χ3v) is 4.70. The number of aromatic nitrogens is 1. The summed E-state index contributed by atoms with van der Waals surface area (Å²) < 4.78 is 15.4. The highest BCUT2D eigenvalue weighted by molar-refractivity contribution is 8.14. The van der Waals surface area contributed by atoms with E-state index in [1.165, 1.54) is 30.9 Å². The Labute approximate surface area is 159 Å². The zero-order valence-corrected chi connectivity index (χ0v) is 15.4. The van der Waals surface area contributed by atoms with Crippen LogP contribution in [0.5, 0.6) is 11.5 Å². The van der Waals surface area contributed by atoms with Crippen LogP contribution in [0.4, 0.5) is 0 Å². The Morgan fingerprint density at radius 3 is 2.56 bits per heavy atom. The molecule has 0 bridgehead atoms. The maximum absolute atomic E-state index is 11.2. The van der Waals surface area contributed by atoms with E-state index in [4.69, 9.17) is 19.3 Å². The Kier molecular flexibility index (Phi) is 7.39. The minimum Gasteiger partial charge on any atom is -0.505 e. The number of carboxylic acid groups (broad SMARTS) is 2. The topological polar surface area (TPSA) is 148 Å². The van der Waals surface area contributed by atoms with Crippen LogP contribution in [0, 0.1) is 0 Å². The van der Waals surface area contributed by atoms with Crippen molar-refractivity contribution in [2.24, 2.45) is 4.99 Å². The highest BCUT2D eigenvalue weighted by Gasteiger charge is 2.39. The van der Waals surface area contributed by atoms with Gasteiger partial charge < -0.3 is 29.5 Å². The molecule has 0 fully saturated rings. The Bertz CT molecular complexity index is 726. The molecule has 10 nitrogen and oxygen atoms in total. The number of aliphatic imine (C=N–C) groups is 1. The number of aromatic hydroxyl groups is 1. The van der Waals surface area contributed by atoms with Crippen molar-refractivity contribution >= 4 is 28.7 Å². The highest BCUT2D eigenvalue weighted by atomic mass is 32.2.